The van der Waals surface area contributed by atoms with Gasteiger partial charge in [-0.05, 0) is 19.8 Å². The van der Waals surface area contributed by atoms with Crippen molar-refractivity contribution in [2.24, 2.45) is 18.1 Å². The molecule has 1 amide bonds. The van der Waals surface area contributed by atoms with Crippen LogP contribution in [0.5, 0.6) is 0 Å². The molecule has 142 valence electrons. The Hall–Kier alpha value is -2.84. The third kappa shape index (κ3) is 2.30. The van der Waals surface area contributed by atoms with Gasteiger partial charge in [-0.2, -0.15) is 10.2 Å². The molecule has 5 heterocycles. The fourth-order valence-corrected chi connectivity index (χ4v) is 4.81. The van der Waals surface area contributed by atoms with Gasteiger partial charge in [-0.15, -0.1) is 0 Å². The fraction of sp³-hybridized carbons (Fsp3) is 0.556. The molecule has 0 radical (unpaired) electrons. The molecule has 27 heavy (non-hydrogen) atoms. The molecule has 5 rings (SSSR count). The number of hydrazone groups is 1. The maximum atomic E-state index is 12.0. The van der Waals surface area contributed by atoms with Crippen molar-refractivity contribution >= 4 is 18.1 Å². The lowest BCUT2D eigenvalue weighted by molar-refractivity contribution is 0.130. The Kier molecular flexibility index (Phi) is 3.38. The summed E-state index contributed by atoms with van der Waals surface area (Å²) in [5, 5.41) is 22.7. The second-order valence-corrected chi connectivity index (χ2v) is 7.85. The largest absolute Gasteiger partial charge is 0.447 e. The third-order valence-electron chi connectivity index (χ3n) is 6.17. The summed E-state index contributed by atoms with van der Waals surface area (Å²) in [5.74, 6) is 0.465. The van der Waals surface area contributed by atoms with Gasteiger partial charge in [-0.1, -0.05) is 0 Å². The summed E-state index contributed by atoms with van der Waals surface area (Å²) in [6.07, 6.45) is 9.25. The zero-order valence-corrected chi connectivity index (χ0v) is 15.4. The molecule has 2 unspecified atom stereocenters. The van der Waals surface area contributed by atoms with Crippen LogP contribution in [0.1, 0.15) is 31.2 Å². The highest BCUT2D eigenvalue weighted by Gasteiger charge is 2.51. The highest BCUT2D eigenvalue weighted by Crippen LogP contribution is 2.41. The van der Waals surface area contributed by atoms with E-state index in [0.717, 1.165) is 30.6 Å². The highest BCUT2D eigenvalue weighted by molar-refractivity contribution is 5.95. The van der Waals surface area contributed by atoms with Crippen molar-refractivity contribution in [2.75, 3.05) is 13.2 Å². The molecule has 9 heteroatoms. The third-order valence-corrected chi connectivity index (χ3v) is 6.17. The van der Waals surface area contributed by atoms with Crippen molar-refractivity contribution in [1.29, 1.82) is 5.41 Å². The molecule has 0 saturated carbocycles. The van der Waals surface area contributed by atoms with E-state index < -0.39 is 5.66 Å². The fourth-order valence-electron chi connectivity index (χ4n) is 4.81. The van der Waals surface area contributed by atoms with Gasteiger partial charge in [0, 0.05) is 49.3 Å². The average Bonchev–Trinajstić information content (AvgIpc) is 3.32. The molecule has 2 N–H and O–H groups in total. The quantitative estimate of drug-likeness (QED) is 0.817. The van der Waals surface area contributed by atoms with Crippen LogP contribution in [0.25, 0.3) is 0 Å². The van der Waals surface area contributed by atoms with Gasteiger partial charge < -0.3 is 15.0 Å². The summed E-state index contributed by atoms with van der Waals surface area (Å²) in [6, 6.07) is 0.0344. The van der Waals surface area contributed by atoms with Crippen molar-refractivity contribution in [2.45, 2.75) is 37.4 Å². The molecular formula is C18H23N7O2. The Morgan fingerprint density at radius 1 is 1.44 bits per heavy atom. The smallest absolute Gasteiger partial charge is 0.410 e. The number of carbonyl (C=O) groups is 1. The van der Waals surface area contributed by atoms with Crippen LogP contribution in [0.4, 0.5) is 4.79 Å². The van der Waals surface area contributed by atoms with Gasteiger partial charge in [0.05, 0.1) is 18.2 Å². The highest BCUT2D eigenvalue weighted by atomic mass is 16.6. The van der Waals surface area contributed by atoms with Crippen LogP contribution in [-0.4, -0.2) is 62.7 Å². The van der Waals surface area contributed by atoms with Crippen LogP contribution in [0.2, 0.25) is 0 Å². The van der Waals surface area contributed by atoms with E-state index in [9.17, 15) is 4.79 Å². The SMILES string of the molecule is Cn1cc(C2C=NN3C(=N)C=C([C@H]4CCCN5C(=O)OC[C@H]45)NC23C)cn1. The summed E-state index contributed by atoms with van der Waals surface area (Å²) in [6.45, 7) is 3.23. The summed E-state index contributed by atoms with van der Waals surface area (Å²) < 4.78 is 7.06. The number of piperidine rings is 1. The number of amides is 1. The van der Waals surface area contributed by atoms with Crippen molar-refractivity contribution in [3.05, 3.63) is 29.7 Å². The van der Waals surface area contributed by atoms with E-state index in [4.69, 9.17) is 10.1 Å². The van der Waals surface area contributed by atoms with E-state index in [-0.39, 0.29) is 24.0 Å². The lowest BCUT2D eigenvalue weighted by atomic mass is 9.83. The number of hydrogen-bond donors (Lipinski definition) is 2. The van der Waals surface area contributed by atoms with Gasteiger partial charge in [0.1, 0.15) is 18.1 Å². The van der Waals surface area contributed by atoms with Crippen LogP contribution < -0.4 is 5.32 Å². The number of aryl methyl sites for hydroxylation is 1. The monoisotopic (exact) mass is 369 g/mol. The van der Waals surface area contributed by atoms with Gasteiger partial charge in [-0.25, -0.2) is 9.80 Å². The summed E-state index contributed by atoms with van der Waals surface area (Å²) in [5.41, 5.74) is 1.47. The van der Waals surface area contributed by atoms with Crippen molar-refractivity contribution < 1.29 is 9.53 Å². The van der Waals surface area contributed by atoms with E-state index in [1.165, 1.54) is 0 Å². The maximum Gasteiger partial charge on any atom is 0.410 e. The lowest BCUT2D eigenvalue weighted by Crippen LogP contribution is -2.61. The normalized spacial score (nSPS) is 34.9. The molecule has 1 aromatic rings. The standard InChI is InChI=1S/C18H23N7O2/c1-18-13(11-7-20-23(2)9-11)8-21-25(18)16(19)6-14(22-18)12-4-3-5-24-15(12)10-27-17(24)26/h6-9,12-13,15,19,22H,3-5,10H2,1-2H3/t12-,13?,15-,18?/m1/s1. The number of carbonyl (C=O) groups excluding carboxylic acids is 1. The van der Waals surface area contributed by atoms with Gasteiger partial charge in [0.15, 0.2) is 0 Å². The Balaban J connectivity index is 1.47. The number of rotatable bonds is 2. The van der Waals surface area contributed by atoms with Crippen molar-refractivity contribution in [1.82, 2.24) is 25.0 Å². The average molecular weight is 369 g/mol. The minimum absolute atomic E-state index is 0.0311. The van der Waals surface area contributed by atoms with Gasteiger partial charge in [0.2, 0.25) is 0 Å². The molecular weight excluding hydrogens is 346 g/mol. The van der Waals surface area contributed by atoms with E-state index in [1.807, 2.05) is 36.6 Å². The van der Waals surface area contributed by atoms with Gasteiger partial charge in [-0.3, -0.25) is 10.1 Å². The zero-order valence-electron chi connectivity index (χ0n) is 15.4. The number of cyclic esters (lactones) is 1. The number of nitrogens with one attached hydrogen (secondary N) is 2. The predicted octanol–water partition coefficient (Wildman–Crippen LogP) is 1.22. The molecule has 0 spiro atoms. The molecule has 2 saturated heterocycles. The topological polar surface area (TPSA) is 98.8 Å². The van der Waals surface area contributed by atoms with Crippen LogP contribution in [0.15, 0.2) is 29.3 Å². The number of fused-ring (bicyclic) bond motifs is 2. The summed E-state index contributed by atoms with van der Waals surface area (Å²) in [7, 11) is 1.89. The van der Waals surface area contributed by atoms with E-state index in [1.54, 1.807) is 9.69 Å². The van der Waals surface area contributed by atoms with Crippen LogP contribution in [0.3, 0.4) is 0 Å². The molecule has 0 aromatic carbocycles. The summed E-state index contributed by atoms with van der Waals surface area (Å²) in [4.78, 5) is 13.8. The molecule has 1 aromatic heterocycles. The second-order valence-electron chi connectivity index (χ2n) is 7.85. The first kappa shape index (κ1) is 16.3. The first-order chi connectivity index (χ1) is 13.0. The van der Waals surface area contributed by atoms with Crippen molar-refractivity contribution in [3.63, 3.8) is 0 Å². The van der Waals surface area contributed by atoms with Crippen LogP contribution in [0, 0.1) is 11.3 Å². The number of nitrogens with zero attached hydrogens (tertiary/aromatic N) is 5. The first-order valence-electron chi connectivity index (χ1n) is 9.32. The number of aromatic nitrogens is 2. The Morgan fingerprint density at radius 3 is 3.07 bits per heavy atom. The second kappa shape index (κ2) is 5.58. The maximum absolute atomic E-state index is 12.0. The van der Waals surface area contributed by atoms with E-state index in [2.05, 4.69) is 22.4 Å². The molecule has 0 aliphatic carbocycles. The number of ether oxygens (including phenoxy) is 1. The number of amidine groups is 1. The summed E-state index contributed by atoms with van der Waals surface area (Å²) >= 11 is 0. The minimum Gasteiger partial charge on any atom is -0.447 e. The molecule has 4 atom stereocenters. The molecule has 4 aliphatic heterocycles. The van der Waals surface area contributed by atoms with Crippen LogP contribution >= 0.6 is 0 Å². The van der Waals surface area contributed by atoms with E-state index >= 15 is 0 Å². The van der Waals surface area contributed by atoms with Crippen LogP contribution in [-0.2, 0) is 11.8 Å². The Labute approximate surface area is 157 Å². The molecule has 0 bridgehead atoms. The lowest BCUT2D eigenvalue weighted by Gasteiger charge is -2.46. The Bertz CT molecular complexity index is 875. The molecule has 2 fully saturated rings. The van der Waals surface area contributed by atoms with Gasteiger partial charge in [0.25, 0.3) is 0 Å². The predicted molar refractivity (Wildman–Crippen MR) is 98.2 cm³/mol. The Morgan fingerprint density at radius 2 is 2.30 bits per heavy atom. The first-order valence-corrected chi connectivity index (χ1v) is 9.32. The molecule has 9 nitrogen and oxygen atoms in total. The number of hydrogen-bond acceptors (Lipinski definition) is 6. The van der Waals surface area contributed by atoms with Crippen molar-refractivity contribution in [3.8, 4) is 0 Å². The van der Waals surface area contributed by atoms with E-state index in [0.29, 0.717) is 12.4 Å². The molecule has 4 aliphatic rings. The minimum atomic E-state index is -0.573. The zero-order chi connectivity index (χ0) is 18.8. The van der Waals surface area contributed by atoms with Gasteiger partial charge >= 0.3 is 6.09 Å².